The first-order valence-corrected chi connectivity index (χ1v) is 7.74. The Morgan fingerprint density at radius 3 is 2.58 bits per heavy atom. The van der Waals surface area contributed by atoms with Gasteiger partial charge in [-0.15, -0.1) is 0 Å². The number of benzene rings is 1. The van der Waals surface area contributed by atoms with Crippen LogP contribution in [0.3, 0.4) is 0 Å². The van der Waals surface area contributed by atoms with Crippen LogP contribution in [0.2, 0.25) is 0 Å². The minimum absolute atomic E-state index is 0.0393. The Hall–Kier alpha value is -1.82. The van der Waals surface area contributed by atoms with Gasteiger partial charge >= 0.3 is 0 Å². The standard InChI is InChI=1S/C13H17N3O2S/c1-3-19(17,18)15-13-9-11(2)16(14-13)10-12-7-5-4-6-8-12/h4-9H,3,10H2,1-2H3,(H,14,15). The molecule has 0 atom stereocenters. The molecular formula is C13H17N3O2S. The van der Waals surface area contributed by atoms with E-state index in [2.05, 4.69) is 9.82 Å². The molecule has 1 N–H and O–H groups in total. The quantitative estimate of drug-likeness (QED) is 0.910. The van der Waals surface area contributed by atoms with Crippen molar-refractivity contribution in [2.45, 2.75) is 20.4 Å². The highest BCUT2D eigenvalue weighted by molar-refractivity contribution is 7.92. The van der Waals surface area contributed by atoms with Gasteiger partial charge in [-0.25, -0.2) is 8.42 Å². The first-order chi connectivity index (χ1) is 9.00. The second-order valence-electron chi connectivity index (χ2n) is 4.32. The summed E-state index contributed by atoms with van der Waals surface area (Å²) in [7, 11) is -3.27. The van der Waals surface area contributed by atoms with Crippen LogP contribution in [0.4, 0.5) is 5.82 Å². The number of anilines is 1. The topological polar surface area (TPSA) is 64.0 Å². The average molecular weight is 279 g/mol. The van der Waals surface area contributed by atoms with Crippen LogP contribution in [0.5, 0.6) is 0 Å². The van der Waals surface area contributed by atoms with E-state index in [1.165, 1.54) is 0 Å². The third-order valence-electron chi connectivity index (χ3n) is 2.80. The first-order valence-electron chi connectivity index (χ1n) is 6.09. The van der Waals surface area contributed by atoms with Gasteiger partial charge in [0.25, 0.3) is 0 Å². The van der Waals surface area contributed by atoms with Crippen LogP contribution < -0.4 is 4.72 Å². The molecule has 0 aliphatic rings. The molecule has 0 amide bonds. The van der Waals surface area contributed by atoms with Gasteiger partial charge < -0.3 is 0 Å². The zero-order valence-electron chi connectivity index (χ0n) is 11.0. The average Bonchev–Trinajstić information content (AvgIpc) is 2.70. The first kappa shape index (κ1) is 13.6. The minimum atomic E-state index is -3.27. The molecule has 1 aromatic heterocycles. The Kier molecular flexibility index (Phi) is 3.90. The fourth-order valence-corrected chi connectivity index (χ4v) is 2.27. The molecule has 1 aromatic carbocycles. The van der Waals surface area contributed by atoms with Crippen LogP contribution in [0, 0.1) is 6.92 Å². The molecule has 0 radical (unpaired) electrons. The monoisotopic (exact) mass is 279 g/mol. The van der Waals surface area contributed by atoms with E-state index in [1.807, 2.05) is 37.3 Å². The van der Waals surface area contributed by atoms with Crippen molar-refractivity contribution < 1.29 is 8.42 Å². The normalized spacial score (nSPS) is 11.5. The summed E-state index contributed by atoms with van der Waals surface area (Å²) < 4.78 is 27.2. The van der Waals surface area contributed by atoms with Crippen LogP contribution in [0.25, 0.3) is 0 Å². The molecule has 0 bridgehead atoms. The van der Waals surface area contributed by atoms with Crippen molar-refractivity contribution in [1.82, 2.24) is 9.78 Å². The largest absolute Gasteiger partial charge is 0.266 e. The summed E-state index contributed by atoms with van der Waals surface area (Å²) >= 11 is 0. The Morgan fingerprint density at radius 1 is 1.26 bits per heavy atom. The maximum Gasteiger partial charge on any atom is 0.233 e. The van der Waals surface area contributed by atoms with Crippen LogP contribution in [-0.2, 0) is 16.6 Å². The van der Waals surface area contributed by atoms with Gasteiger partial charge in [-0.3, -0.25) is 9.40 Å². The molecule has 0 aliphatic heterocycles. The lowest BCUT2D eigenvalue weighted by Crippen LogP contribution is -2.15. The Labute approximate surface area is 113 Å². The summed E-state index contributed by atoms with van der Waals surface area (Å²) in [6.07, 6.45) is 0. The summed E-state index contributed by atoms with van der Waals surface area (Å²) in [5, 5.41) is 4.26. The second-order valence-corrected chi connectivity index (χ2v) is 6.33. The summed E-state index contributed by atoms with van der Waals surface area (Å²) in [5.74, 6) is 0.410. The molecule has 0 unspecified atom stereocenters. The van der Waals surface area contributed by atoms with Gasteiger partial charge in [-0.2, -0.15) is 5.10 Å². The zero-order chi connectivity index (χ0) is 13.9. The number of hydrogen-bond donors (Lipinski definition) is 1. The number of nitrogens with one attached hydrogen (secondary N) is 1. The van der Waals surface area contributed by atoms with Gasteiger partial charge in [0.2, 0.25) is 10.0 Å². The van der Waals surface area contributed by atoms with E-state index in [4.69, 9.17) is 0 Å². The predicted octanol–water partition coefficient (Wildman–Crippen LogP) is 2.00. The van der Waals surface area contributed by atoms with Crippen LogP contribution in [0.15, 0.2) is 36.4 Å². The maximum absolute atomic E-state index is 11.5. The van der Waals surface area contributed by atoms with Crippen molar-refractivity contribution in [3.63, 3.8) is 0 Å². The Bertz CT molecular complexity index is 648. The van der Waals surface area contributed by atoms with Crippen LogP contribution >= 0.6 is 0 Å². The molecule has 102 valence electrons. The number of hydrogen-bond acceptors (Lipinski definition) is 3. The van der Waals surface area contributed by atoms with Crippen molar-refractivity contribution in [2.75, 3.05) is 10.5 Å². The number of nitrogens with zero attached hydrogens (tertiary/aromatic N) is 2. The van der Waals surface area contributed by atoms with E-state index >= 15 is 0 Å². The minimum Gasteiger partial charge on any atom is -0.266 e. The molecule has 1 heterocycles. The van der Waals surface area contributed by atoms with Crippen molar-refractivity contribution >= 4 is 15.8 Å². The Balaban J connectivity index is 2.18. The summed E-state index contributed by atoms with van der Waals surface area (Å²) in [6.45, 7) is 4.12. The zero-order valence-corrected chi connectivity index (χ0v) is 11.8. The molecule has 2 rings (SSSR count). The smallest absolute Gasteiger partial charge is 0.233 e. The molecule has 2 aromatic rings. The number of aryl methyl sites for hydroxylation is 1. The molecule has 19 heavy (non-hydrogen) atoms. The van der Waals surface area contributed by atoms with Gasteiger partial charge in [-0.1, -0.05) is 30.3 Å². The van der Waals surface area contributed by atoms with Gasteiger partial charge in [-0.05, 0) is 19.4 Å². The van der Waals surface area contributed by atoms with E-state index in [9.17, 15) is 8.42 Å². The number of sulfonamides is 1. The second kappa shape index (κ2) is 5.44. The predicted molar refractivity (Wildman–Crippen MR) is 75.6 cm³/mol. The number of rotatable bonds is 5. The van der Waals surface area contributed by atoms with Crippen molar-refractivity contribution in [3.05, 3.63) is 47.7 Å². The third kappa shape index (κ3) is 3.57. The third-order valence-corrected chi connectivity index (χ3v) is 4.08. The number of aromatic nitrogens is 2. The molecule has 0 aliphatic carbocycles. The van der Waals surface area contributed by atoms with E-state index in [0.29, 0.717) is 12.4 Å². The van der Waals surface area contributed by atoms with Gasteiger partial charge in [0, 0.05) is 11.8 Å². The molecule has 0 saturated carbocycles. The van der Waals surface area contributed by atoms with E-state index in [1.54, 1.807) is 17.7 Å². The van der Waals surface area contributed by atoms with Crippen molar-refractivity contribution in [1.29, 1.82) is 0 Å². The maximum atomic E-state index is 11.5. The highest BCUT2D eigenvalue weighted by atomic mass is 32.2. The molecule has 5 nitrogen and oxygen atoms in total. The lowest BCUT2D eigenvalue weighted by Gasteiger charge is -2.04. The fraction of sp³-hybridized carbons (Fsp3) is 0.308. The summed E-state index contributed by atoms with van der Waals surface area (Å²) in [6, 6.07) is 11.6. The lowest BCUT2D eigenvalue weighted by molar-refractivity contribution is 0.601. The summed E-state index contributed by atoms with van der Waals surface area (Å²) in [4.78, 5) is 0. The van der Waals surface area contributed by atoms with Crippen LogP contribution in [-0.4, -0.2) is 24.0 Å². The summed E-state index contributed by atoms with van der Waals surface area (Å²) in [5.41, 5.74) is 2.04. The molecule has 0 saturated heterocycles. The molecule has 0 fully saturated rings. The fourth-order valence-electron chi connectivity index (χ4n) is 1.71. The molecule has 0 spiro atoms. The van der Waals surface area contributed by atoms with E-state index in [0.717, 1.165) is 11.3 Å². The van der Waals surface area contributed by atoms with E-state index < -0.39 is 10.0 Å². The SMILES string of the molecule is CCS(=O)(=O)Nc1cc(C)n(Cc2ccccc2)n1. The lowest BCUT2D eigenvalue weighted by atomic mass is 10.2. The van der Waals surface area contributed by atoms with Gasteiger partial charge in [0.15, 0.2) is 5.82 Å². The highest BCUT2D eigenvalue weighted by Crippen LogP contribution is 2.12. The van der Waals surface area contributed by atoms with E-state index in [-0.39, 0.29) is 5.75 Å². The Morgan fingerprint density at radius 2 is 1.95 bits per heavy atom. The molecule has 6 heteroatoms. The molecular weight excluding hydrogens is 262 g/mol. The van der Waals surface area contributed by atoms with Crippen molar-refractivity contribution in [3.8, 4) is 0 Å². The van der Waals surface area contributed by atoms with Crippen LogP contribution in [0.1, 0.15) is 18.2 Å². The highest BCUT2D eigenvalue weighted by Gasteiger charge is 2.11. The van der Waals surface area contributed by atoms with Gasteiger partial charge in [0.05, 0.1) is 12.3 Å². The van der Waals surface area contributed by atoms with Gasteiger partial charge in [0.1, 0.15) is 0 Å². The van der Waals surface area contributed by atoms with Crippen molar-refractivity contribution in [2.24, 2.45) is 0 Å².